The molecule has 0 spiro atoms. The number of pyridine rings is 1. The van der Waals surface area contributed by atoms with Crippen molar-refractivity contribution in [3.8, 4) is 0 Å². The Morgan fingerprint density at radius 2 is 1.83 bits per heavy atom. The van der Waals surface area contributed by atoms with Gasteiger partial charge >= 0.3 is 0 Å². The van der Waals surface area contributed by atoms with E-state index < -0.39 is 0 Å². The molecule has 2 aliphatic rings. The second kappa shape index (κ2) is 5.41. The van der Waals surface area contributed by atoms with Crippen molar-refractivity contribution < 1.29 is 4.79 Å². The first-order valence-corrected chi connectivity index (χ1v) is 8.33. The van der Waals surface area contributed by atoms with Crippen LogP contribution >= 0.6 is 0 Å². The molecule has 1 aliphatic carbocycles. The summed E-state index contributed by atoms with van der Waals surface area (Å²) in [4.78, 5) is 29.6. The van der Waals surface area contributed by atoms with Gasteiger partial charge in [-0.3, -0.25) is 9.59 Å². The monoisotopic (exact) mass is 311 g/mol. The van der Waals surface area contributed by atoms with Crippen LogP contribution in [0.1, 0.15) is 36.0 Å². The van der Waals surface area contributed by atoms with Crippen LogP contribution in [0.3, 0.4) is 0 Å². The number of fused-ring (bicyclic) bond motifs is 2. The van der Waals surface area contributed by atoms with Gasteiger partial charge in [0.25, 0.3) is 11.5 Å². The number of aromatic amines is 1. The molecule has 2 aromatic rings. The van der Waals surface area contributed by atoms with Gasteiger partial charge in [0.2, 0.25) is 0 Å². The lowest BCUT2D eigenvalue weighted by Gasteiger charge is -2.22. The van der Waals surface area contributed by atoms with Crippen molar-refractivity contribution in [3.05, 3.63) is 40.3 Å². The minimum atomic E-state index is -0.209. The summed E-state index contributed by atoms with van der Waals surface area (Å²) in [6, 6.07) is 5.15. The van der Waals surface area contributed by atoms with Crippen molar-refractivity contribution in [1.82, 2.24) is 9.88 Å². The molecule has 1 amide bonds. The molecule has 1 saturated heterocycles. The number of benzene rings is 1. The van der Waals surface area contributed by atoms with E-state index in [9.17, 15) is 9.59 Å². The highest BCUT2D eigenvalue weighted by Gasteiger charge is 2.37. The highest BCUT2D eigenvalue weighted by atomic mass is 16.2. The number of hydrogen-bond donors (Lipinski definition) is 2. The number of nitrogens with two attached hydrogens (primary N) is 1. The van der Waals surface area contributed by atoms with Gasteiger partial charge in [-0.15, -0.1) is 0 Å². The lowest BCUT2D eigenvalue weighted by Crippen LogP contribution is -2.30. The van der Waals surface area contributed by atoms with E-state index in [0.717, 1.165) is 13.1 Å². The summed E-state index contributed by atoms with van der Waals surface area (Å²) in [5, 5.41) is 1.16. The summed E-state index contributed by atoms with van der Waals surface area (Å²) < 4.78 is 0. The van der Waals surface area contributed by atoms with Gasteiger partial charge in [-0.05, 0) is 36.8 Å². The van der Waals surface area contributed by atoms with Crippen LogP contribution < -0.4 is 11.3 Å². The van der Waals surface area contributed by atoms with Gasteiger partial charge in [0.15, 0.2) is 0 Å². The zero-order chi connectivity index (χ0) is 16.0. The molecule has 120 valence electrons. The molecular weight excluding hydrogens is 290 g/mol. The third kappa shape index (κ3) is 2.40. The second-order valence-corrected chi connectivity index (χ2v) is 6.85. The lowest BCUT2D eigenvalue weighted by molar-refractivity contribution is 0.0785. The molecule has 1 aromatic carbocycles. The van der Waals surface area contributed by atoms with Crippen LogP contribution in [0.2, 0.25) is 0 Å². The van der Waals surface area contributed by atoms with Crippen LogP contribution in [-0.4, -0.2) is 28.9 Å². The van der Waals surface area contributed by atoms with Crippen molar-refractivity contribution in [3.63, 3.8) is 0 Å². The number of hydrogen-bond acceptors (Lipinski definition) is 3. The first-order valence-electron chi connectivity index (χ1n) is 8.33. The summed E-state index contributed by atoms with van der Waals surface area (Å²) in [5.74, 6) is 1.32. The molecule has 5 nitrogen and oxygen atoms in total. The van der Waals surface area contributed by atoms with Gasteiger partial charge in [0, 0.05) is 35.7 Å². The maximum Gasteiger partial charge on any atom is 0.255 e. The Morgan fingerprint density at radius 3 is 2.52 bits per heavy atom. The van der Waals surface area contributed by atoms with Gasteiger partial charge in [0.1, 0.15) is 0 Å². The topological polar surface area (TPSA) is 79.2 Å². The van der Waals surface area contributed by atoms with E-state index in [1.807, 2.05) is 4.90 Å². The molecule has 2 fully saturated rings. The van der Waals surface area contributed by atoms with Crippen LogP contribution in [0.5, 0.6) is 0 Å². The van der Waals surface area contributed by atoms with Gasteiger partial charge in [-0.25, -0.2) is 0 Å². The number of nitrogen functional groups attached to an aromatic ring is 1. The fraction of sp³-hybridized carbons (Fsp3) is 0.444. The fourth-order valence-electron chi connectivity index (χ4n) is 4.20. The molecule has 0 unspecified atom stereocenters. The van der Waals surface area contributed by atoms with Gasteiger partial charge < -0.3 is 15.6 Å². The number of carbonyl (C=O) groups is 1. The molecule has 0 bridgehead atoms. The van der Waals surface area contributed by atoms with Crippen LogP contribution in [0, 0.1) is 11.8 Å². The zero-order valence-electron chi connectivity index (χ0n) is 13.0. The number of aromatic nitrogens is 1. The van der Waals surface area contributed by atoms with Crippen LogP contribution in [0.25, 0.3) is 10.8 Å². The summed E-state index contributed by atoms with van der Waals surface area (Å²) in [7, 11) is 0. The van der Waals surface area contributed by atoms with Crippen molar-refractivity contribution in [2.24, 2.45) is 11.8 Å². The Kier molecular flexibility index (Phi) is 3.36. The molecule has 1 aliphatic heterocycles. The van der Waals surface area contributed by atoms with E-state index in [2.05, 4.69) is 4.98 Å². The average Bonchev–Trinajstić information content (AvgIpc) is 2.99. The normalized spacial score (nSPS) is 23.9. The van der Waals surface area contributed by atoms with Gasteiger partial charge in [-0.1, -0.05) is 18.9 Å². The highest BCUT2D eigenvalue weighted by molar-refractivity contribution is 6.07. The number of carbonyl (C=O) groups excluding carboxylic acids is 1. The quantitative estimate of drug-likeness (QED) is 0.794. The van der Waals surface area contributed by atoms with E-state index in [-0.39, 0.29) is 11.5 Å². The predicted octanol–water partition coefficient (Wildman–Crippen LogP) is 2.37. The smallest absolute Gasteiger partial charge is 0.255 e. The second-order valence-electron chi connectivity index (χ2n) is 6.85. The molecule has 4 rings (SSSR count). The van der Waals surface area contributed by atoms with Gasteiger partial charge in [-0.2, -0.15) is 0 Å². The molecular formula is C18H21N3O2. The van der Waals surface area contributed by atoms with E-state index >= 15 is 0 Å². The van der Waals surface area contributed by atoms with E-state index in [1.165, 1.54) is 25.7 Å². The minimum Gasteiger partial charge on any atom is -0.399 e. The summed E-state index contributed by atoms with van der Waals surface area (Å²) in [6.45, 7) is 1.69. The molecule has 3 N–H and O–H groups in total. The number of nitrogens with zero attached hydrogens (tertiary/aromatic N) is 1. The maximum absolute atomic E-state index is 13.0. The molecule has 23 heavy (non-hydrogen) atoms. The van der Waals surface area contributed by atoms with Crippen molar-refractivity contribution in [2.45, 2.75) is 25.7 Å². The Morgan fingerprint density at radius 1 is 1.13 bits per heavy atom. The number of nitrogens with one attached hydrogen (secondary N) is 1. The van der Waals surface area contributed by atoms with E-state index in [4.69, 9.17) is 5.73 Å². The van der Waals surface area contributed by atoms with E-state index in [1.54, 1.807) is 24.4 Å². The number of anilines is 1. The lowest BCUT2D eigenvalue weighted by atomic mass is 9.82. The number of amides is 1. The Hall–Kier alpha value is -2.30. The third-order valence-corrected chi connectivity index (χ3v) is 5.42. The summed E-state index contributed by atoms with van der Waals surface area (Å²) in [6.07, 6.45) is 6.58. The molecule has 2 atom stereocenters. The number of H-pyrrole nitrogens is 1. The van der Waals surface area contributed by atoms with Gasteiger partial charge in [0.05, 0.1) is 5.56 Å². The number of rotatable bonds is 1. The largest absolute Gasteiger partial charge is 0.399 e. The minimum absolute atomic E-state index is 0.0189. The van der Waals surface area contributed by atoms with Crippen molar-refractivity contribution in [1.29, 1.82) is 0 Å². The zero-order valence-corrected chi connectivity index (χ0v) is 13.0. The first-order chi connectivity index (χ1) is 11.1. The average molecular weight is 311 g/mol. The molecule has 2 heterocycles. The standard InChI is InChI=1S/C18H21N3O2/c19-13-5-6-14-15(7-13)17(22)20-8-16(14)18(23)21-9-11-3-1-2-4-12(11)10-21/h5-8,11-12H,1-4,9-10,19H2,(H,20,22)/t11-,12+. The Bertz CT molecular complexity index is 813. The highest BCUT2D eigenvalue weighted by Crippen LogP contribution is 2.36. The maximum atomic E-state index is 13.0. The predicted molar refractivity (Wildman–Crippen MR) is 90.3 cm³/mol. The SMILES string of the molecule is Nc1ccc2c(C(=O)N3C[C@H]4CCCC[C@H]4C3)c[nH]c(=O)c2c1. The van der Waals surface area contributed by atoms with Crippen LogP contribution in [-0.2, 0) is 0 Å². The molecule has 1 saturated carbocycles. The Balaban J connectivity index is 1.70. The molecule has 5 heteroatoms. The fourth-order valence-corrected chi connectivity index (χ4v) is 4.20. The van der Waals surface area contributed by atoms with Crippen LogP contribution in [0.4, 0.5) is 5.69 Å². The first kappa shape index (κ1) is 14.3. The number of likely N-dealkylation sites (tertiary alicyclic amines) is 1. The Labute approximate surface area is 134 Å². The van der Waals surface area contributed by atoms with E-state index in [0.29, 0.717) is 33.9 Å². The summed E-state index contributed by atoms with van der Waals surface area (Å²) in [5.41, 5.74) is 6.66. The third-order valence-electron chi connectivity index (χ3n) is 5.42. The van der Waals surface area contributed by atoms with Crippen molar-refractivity contribution in [2.75, 3.05) is 18.8 Å². The van der Waals surface area contributed by atoms with Crippen LogP contribution in [0.15, 0.2) is 29.2 Å². The summed E-state index contributed by atoms with van der Waals surface area (Å²) >= 11 is 0. The van der Waals surface area contributed by atoms with Crippen molar-refractivity contribution >= 4 is 22.4 Å². The molecule has 0 radical (unpaired) electrons. The molecule has 1 aromatic heterocycles.